The second kappa shape index (κ2) is 3.66. The van der Waals surface area contributed by atoms with Gasteiger partial charge in [0, 0.05) is 0 Å². The van der Waals surface area contributed by atoms with Gasteiger partial charge in [-0.3, -0.25) is 4.79 Å². The van der Waals surface area contributed by atoms with E-state index < -0.39 is 10.7 Å². The van der Waals surface area contributed by atoms with E-state index in [-0.39, 0.29) is 0 Å². The topological polar surface area (TPSA) is 37.3 Å². The molecule has 1 N–H and O–H groups in total. The number of rotatable bonds is 3. The molecule has 0 fully saturated rings. The zero-order valence-corrected chi connectivity index (χ0v) is 7.06. The normalized spacial score (nSPS) is 17.1. The van der Waals surface area contributed by atoms with Crippen molar-refractivity contribution >= 4 is 18.6 Å². The fourth-order valence-corrected chi connectivity index (χ4v) is 0.540. The molecule has 0 aromatic rings. The van der Waals surface area contributed by atoms with Gasteiger partial charge in [-0.05, 0) is 20.3 Å². The lowest BCUT2D eigenvalue weighted by Gasteiger charge is -2.14. The molecule has 0 aliphatic heterocycles. The van der Waals surface area contributed by atoms with Crippen LogP contribution in [-0.4, -0.2) is 15.8 Å². The Morgan fingerprint density at radius 2 is 2.30 bits per heavy atom. The van der Waals surface area contributed by atoms with Crippen molar-refractivity contribution in [1.82, 2.24) is 0 Å². The van der Waals surface area contributed by atoms with E-state index in [0.717, 1.165) is 0 Å². The van der Waals surface area contributed by atoms with Crippen molar-refractivity contribution in [3.63, 3.8) is 0 Å². The van der Waals surface area contributed by atoms with Crippen LogP contribution in [0.3, 0.4) is 0 Å². The molecule has 0 rings (SSSR count). The summed E-state index contributed by atoms with van der Waals surface area (Å²) >= 11 is 3.96. The molecule has 0 spiro atoms. The van der Waals surface area contributed by atoms with E-state index in [2.05, 4.69) is 12.6 Å². The minimum Gasteiger partial charge on any atom is -0.480 e. The monoisotopic (exact) mass is 160 g/mol. The molecule has 1 atom stereocenters. The molecule has 0 aliphatic rings. The van der Waals surface area contributed by atoms with Crippen LogP contribution in [0.1, 0.15) is 20.3 Å². The number of aliphatic carboxylic acids is 1. The van der Waals surface area contributed by atoms with Gasteiger partial charge in [0.05, 0.1) is 0 Å². The van der Waals surface area contributed by atoms with E-state index in [1.54, 1.807) is 13.0 Å². The van der Waals surface area contributed by atoms with Crippen LogP contribution < -0.4 is 0 Å². The first kappa shape index (κ1) is 9.56. The fourth-order valence-electron chi connectivity index (χ4n) is 0.435. The number of hydrogen-bond donors (Lipinski definition) is 2. The zero-order valence-electron chi connectivity index (χ0n) is 6.16. The highest BCUT2D eigenvalue weighted by atomic mass is 32.1. The Labute approximate surface area is 66.4 Å². The molecule has 10 heavy (non-hydrogen) atoms. The van der Waals surface area contributed by atoms with Crippen LogP contribution in [0.15, 0.2) is 12.2 Å². The number of hydrogen-bond acceptors (Lipinski definition) is 2. The van der Waals surface area contributed by atoms with Gasteiger partial charge in [0.25, 0.3) is 0 Å². The van der Waals surface area contributed by atoms with Crippen molar-refractivity contribution in [2.45, 2.75) is 25.0 Å². The maximum absolute atomic E-state index is 10.4. The molecule has 2 nitrogen and oxygen atoms in total. The highest BCUT2D eigenvalue weighted by molar-refractivity contribution is 7.82. The largest absolute Gasteiger partial charge is 0.480 e. The molecule has 0 aromatic carbocycles. The van der Waals surface area contributed by atoms with Gasteiger partial charge >= 0.3 is 5.97 Å². The summed E-state index contributed by atoms with van der Waals surface area (Å²) in [6, 6.07) is 0. The molecular weight excluding hydrogens is 148 g/mol. The SMILES string of the molecule is CC=CCC(C)(S)C(=O)O. The number of allylic oxidation sites excluding steroid dienone is 2. The molecular formula is C7H12O2S. The second-order valence-corrected chi connectivity index (χ2v) is 3.34. The molecule has 0 radical (unpaired) electrons. The summed E-state index contributed by atoms with van der Waals surface area (Å²) < 4.78 is -0.924. The van der Waals surface area contributed by atoms with Crippen LogP contribution in [-0.2, 0) is 4.79 Å². The smallest absolute Gasteiger partial charge is 0.319 e. The summed E-state index contributed by atoms with van der Waals surface area (Å²) in [6.45, 7) is 3.43. The highest BCUT2D eigenvalue weighted by Gasteiger charge is 2.26. The van der Waals surface area contributed by atoms with Gasteiger partial charge < -0.3 is 5.11 Å². The van der Waals surface area contributed by atoms with Crippen LogP contribution >= 0.6 is 12.6 Å². The third-order valence-electron chi connectivity index (χ3n) is 1.21. The molecule has 1 unspecified atom stereocenters. The van der Waals surface area contributed by atoms with E-state index >= 15 is 0 Å². The maximum Gasteiger partial charge on any atom is 0.319 e. The molecule has 0 saturated heterocycles. The van der Waals surface area contributed by atoms with Crippen molar-refractivity contribution in [3.05, 3.63) is 12.2 Å². The average Bonchev–Trinajstić information content (AvgIpc) is 1.84. The maximum atomic E-state index is 10.4. The first-order chi connectivity index (χ1) is 4.50. The molecule has 0 aliphatic carbocycles. The van der Waals surface area contributed by atoms with Gasteiger partial charge in [-0.25, -0.2) is 0 Å². The first-order valence-corrected chi connectivity index (χ1v) is 3.52. The highest BCUT2D eigenvalue weighted by Crippen LogP contribution is 2.18. The quantitative estimate of drug-likeness (QED) is 0.487. The van der Waals surface area contributed by atoms with E-state index in [9.17, 15) is 4.79 Å². The van der Waals surface area contributed by atoms with Crippen LogP contribution in [0.5, 0.6) is 0 Å². The Morgan fingerprint density at radius 3 is 2.60 bits per heavy atom. The van der Waals surface area contributed by atoms with E-state index in [1.807, 2.05) is 13.0 Å². The van der Waals surface area contributed by atoms with Gasteiger partial charge in [-0.15, -0.1) is 0 Å². The first-order valence-electron chi connectivity index (χ1n) is 3.07. The second-order valence-electron chi connectivity index (χ2n) is 2.35. The van der Waals surface area contributed by atoms with E-state index in [1.165, 1.54) is 0 Å². The zero-order chi connectivity index (χ0) is 8.20. The van der Waals surface area contributed by atoms with Crippen molar-refractivity contribution < 1.29 is 9.90 Å². The lowest BCUT2D eigenvalue weighted by Crippen LogP contribution is -2.27. The molecule has 3 heteroatoms. The molecule has 58 valence electrons. The molecule has 0 amide bonds. The minimum absolute atomic E-state index is 0.460. The Kier molecular flexibility index (Phi) is 3.50. The Hall–Kier alpha value is -0.440. The Morgan fingerprint density at radius 1 is 1.80 bits per heavy atom. The van der Waals surface area contributed by atoms with Gasteiger partial charge in [-0.1, -0.05) is 12.2 Å². The summed E-state index contributed by atoms with van der Waals surface area (Å²) in [5.74, 6) is -0.881. The number of thiol groups is 1. The fraction of sp³-hybridized carbons (Fsp3) is 0.571. The Bertz CT molecular complexity index is 150. The van der Waals surface area contributed by atoms with Gasteiger partial charge in [0.2, 0.25) is 0 Å². The predicted molar refractivity (Wildman–Crippen MR) is 44.5 cm³/mol. The van der Waals surface area contributed by atoms with Crippen molar-refractivity contribution in [1.29, 1.82) is 0 Å². The van der Waals surface area contributed by atoms with Crippen LogP contribution in [0.25, 0.3) is 0 Å². The number of carbonyl (C=O) groups is 1. The lowest BCUT2D eigenvalue weighted by atomic mass is 10.1. The minimum atomic E-state index is -0.924. The number of carboxylic acid groups (broad SMARTS) is 1. The average molecular weight is 160 g/mol. The summed E-state index contributed by atoms with van der Waals surface area (Å²) in [5, 5.41) is 8.56. The standard InChI is InChI=1S/C7H12O2S/c1-3-4-5-7(2,10)6(8)9/h3-4,10H,5H2,1-2H3,(H,8,9). The van der Waals surface area contributed by atoms with Gasteiger partial charge in [0.15, 0.2) is 0 Å². The van der Waals surface area contributed by atoms with Crippen LogP contribution in [0.2, 0.25) is 0 Å². The van der Waals surface area contributed by atoms with Gasteiger partial charge in [0.1, 0.15) is 4.75 Å². The third-order valence-corrected chi connectivity index (χ3v) is 1.59. The third kappa shape index (κ3) is 2.92. The summed E-state index contributed by atoms with van der Waals surface area (Å²) in [7, 11) is 0. The summed E-state index contributed by atoms with van der Waals surface area (Å²) in [4.78, 5) is 10.4. The van der Waals surface area contributed by atoms with Crippen molar-refractivity contribution in [3.8, 4) is 0 Å². The van der Waals surface area contributed by atoms with E-state index in [4.69, 9.17) is 5.11 Å². The van der Waals surface area contributed by atoms with Crippen LogP contribution in [0, 0.1) is 0 Å². The predicted octanol–water partition coefficient (Wildman–Crippen LogP) is 1.73. The summed E-state index contributed by atoms with van der Waals surface area (Å²) in [5.41, 5.74) is 0. The molecule has 0 aromatic heterocycles. The van der Waals surface area contributed by atoms with Crippen molar-refractivity contribution in [2.75, 3.05) is 0 Å². The molecule has 0 bridgehead atoms. The number of carboxylic acids is 1. The Balaban J connectivity index is 3.99. The van der Waals surface area contributed by atoms with E-state index in [0.29, 0.717) is 6.42 Å². The van der Waals surface area contributed by atoms with Crippen molar-refractivity contribution in [2.24, 2.45) is 0 Å². The molecule has 0 heterocycles. The van der Waals surface area contributed by atoms with Gasteiger partial charge in [-0.2, -0.15) is 12.6 Å². The summed E-state index contributed by atoms with van der Waals surface area (Å²) in [6.07, 6.45) is 4.07. The van der Waals surface area contributed by atoms with Crippen LogP contribution in [0.4, 0.5) is 0 Å². The lowest BCUT2D eigenvalue weighted by molar-refractivity contribution is -0.139. The molecule has 0 saturated carbocycles.